The van der Waals surface area contributed by atoms with Gasteiger partial charge >= 0.3 is 0 Å². The number of nitrogens with zero attached hydrogens (tertiary/aromatic N) is 4. The molecule has 2 atom stereocenters. The van der Waals surface area contributed by atoms with Gasteiger partial charge in [0.05, 0.1) is 16.6 Å². The molecule has 0 unspecified atom stereocenters. The monoisotopic (exact) mass is 346 g/mol. The maximum atomic E-state index is 9.84. The van der Waals surface area contributed by atoms with Crippen LogP contribution in [0, 0.1) is 23.2 Å². The highest BCUT2D eigenvalue weighted by atomic mass is 15.2. The first-order chi connectivity index (χ1) is 12.6. The quantitative estimate of drug-likeness (QED) is 0.684. The average molecular weight is 346 g/mol. The van der Waals surface area contributed by atoms with E-state index < -0.39 is 0 Å². The topological polar surface area (TPSA) is 44.3 Å². The summed E-state index contributed by atoms with van der Waals surface area (Å²) in [5.74, 6) is 2.54. The summed E-state index contributed by atoms with van der Waals surface area (Å²) in [7, 11) is 0. The second-order valence-corrected chi connectivity index (χ2v) is 7.88. The summed E-state index contributed by atoms with van der Waals surface area (Å²) >= 11 is 0. The fraction of sp³-hybridized carbons (Fsp3) is 0.455. The van der Waals surface area contributed by atoms with Crippen LogP contribution in [0.15, 0.2) is 30.3 Å². The second-order valence-electron chi connectivity index (χ2n) is 7.88. The third-order valence-corrected chi connectivity index (χ3v) is 5.46. The Labute approximate surface area is 155 Å². The minimum Gasteiger partial charge on any atom is -0.357 e. The van der Waals surface area contributed by atoms with E-state index in [9.17, 15) is 5.26 Å². The van der Waals surface area contributed by atoms with Crippen molar-refractivity contribution in [3.63, 3.8) is 0 Å². The van der Waals surface area contributed by atoms with E-state index in [-0.39, 0.29) is 0 Å². The van der Waals surface area contributed by atoms with E-state index in [1.165, 1.54) is 12.2 Å². The van der Waals surface area contributed by atoms with Crippen LogP contribution in [-0.4, -0.2) is 22.5 Å². The van der Waals surface area contributed by atoms with Crippen molar-refractivity contribution in [2.45, 2.75) is 40.0 Å². The highest BCUT2D eigenvalue weighted by Crippen LogP contribution is 2.32. The van der Waals surface area contributed by atoms with Crippen LogP contribution >= 0.6 is 0 Å². The molecule has 0 saturated carbocycles. The Kier molecular flexibility index (Phi) is 4.32. The first-order valence-corrected chi connectivity index (χ1v) is 9.70. The number of pyridine rings is 1. The molecule has 1 aliphatic heterocycles. The predicted molar refractivity (Wildman–Crippen MR) is 107 cm³/mol. The summed E-state index contributed by atoms with van der Waals surface area (Å²) in [5, 5.41) is 9.84. The zero-order valence-corrected chi connectivity index (χ0v) is 15.9. The number of hydrogen-bond donors (Lipinski definition) is 0. The van der Waals surface area contributed by atoms with Gasteiger partial charge in [0.25, 0.3) is 0 Å². The van der Waals surface area contributed by atoms with Gasteiger partial charge in [0.1, 0.15) is 11.9 Å². The highest BCUT2D eigenvalue weighted by molar-refractivity contribution is 5.85. The normalized spacial score (nSPS) is 20.6. The third kappa shape index (κ3) is 2.72. The summed E-state index contributed by atoms with van der Waals surface area (Å²) in [6.45, 7) is 8.95. The minimum absolute atomic E-state index is 0.675. The van der Waals surface area contributed by atoms with Gasteiger partial charge in [0.2, 0.25) is 0 Å². The molecule has 3 heterocycles. The van der Waals surface area contributed by atoms with Crippen molar-refractivity contribution in [2.75, 3.05) is 18.0 Å². The summed E-state index contributed by atoms with van der Waals surface area (Å²) in [6.07, 6.45) is 3.22. The molecular formula is C22H26N4. The number of aromatic nitrogens is 2. The molecule has 4 nitrogen and oxygen atoms in total. The predicted octanol–water partition coefficient (Wildman–Crippen LogP) is 4.79. The van der Waals surface area contributed by atoms with E-state index in [0.717, 1.165) is 53.7 Å². The van der Waals surface area contributed by atoms with E-state index >= 15 is 0 Å². The first-order valence-electron chi connectivity index (χ1n) is 9.70. The number of fused-ring (bicyclic) bond motifs is 3. The fourth-order valence-electron chi connectivity index (χ4n) is 4.53. The van der Waals surface area contributed by atoms with Gasteiger partial charge in [-0.15, -0.1) is 0 Å². The van der Waals surface area contributed by atoms with Crippen LogP contribution in [0.3, 0.4) is 0 Å². The van der Waals surface area contributed by atoms with Gasteiger partial charge in [-0.05, 0) is 48.4 Å². The Hall–Kier alpha value is -2.54. The maximum Gasteiger partial charge on any atom is 0.157 e. The average Bonchev–Trinajstić information content (AvgIpc) is 2.99. The second kappa shape index (κ2) is 6.64. The molecule has 134 valence electrons. The van der Waals surface area contributed by atoms with Crippen molar-refractivity contribution in [1.29, 1.82) is 5.26 Å². The Bertz CT molecular complexity index is 985. The molecule has 1 aliphatic rings. The van der Waals surface area contributed by atoms with Crippen LogP contribution in [0.2, 0.25) is 0 Å². The molecule has 0 bridgehead atoms. The number of nitriles is 1. The number of imidazole rings is 1. The molecular weight excluding hydrogens is 320 g/mol. The summed E-state index contributed by atoms with van der Waals surface area (Å²) in [4.78, 5) is 7.34. The Morgan fingerprint density at radius 1 is 1.19 bits per heavy atom. The van der Waals surface area contributed by atoms with Gasteiger partial charge in [-0.1, -0.05) is 39.3 Å². The standard InChI is InChI=1S/C22H26N4/c1-4-7-17-11-21(25-13-15(2)10-16(3)14-25)26-20-9-6-5-8-19(20)24-22(26)18(17)12-23/h5-6,8-9,11,15-16H,4,7,10,13-14H2,1-3H3/t15-,16+. The Morgan fingerprint density at radius 3 is 2.62 bits per heavy atom. The largest absolute Gasteiger partial charge is 0.357 e. The lowest BCUT2D eigenvalue weighted by Gasteiger charge is -2.37. The molecule has 1 fully saturated rings. The van der Waals surface area contributed by atoms with Crippen LogP contribution < -0.4 is 4.90 Å². The molecule has 1 saturated heterocycles. The fourth-order valence-corrected chi connectivity index (χ4v) is 4.53. The van der Waals surface area contributed by atoms with Crippen molar-refractivity contribution in [3.05, 3.63) is 41.5 Å². The van der Waals surface area contributed by atoms with Crippen molar-refractivity contribution >= 4 is 22.5 Å². The Morgan fingerprint density at radius 2 is 1.92 bits per heavy atom. The zero-order valence-electron chi connectivity index (χ0n) is 15.9. The highest BCUT2D eigenvalue weighted by Gasteiger charge is 2.26. The van der Waals surface area contributed by atoms with Crippen LogP contribution in [0.25, 0.3) is 16.7 Å². The molecule has 26 heavy (non-hydrogen) atoms. The van der Waals surface area contributed by atoms with Crippen molar-refractivity contribution < 1.29 is 0 Å². The summed E-state index contributed by atoms with van der Waals surface area (Å²) < 4.78 is 2.21. The van der Waals surface area contributed by atoms with Crippen LogP contribution in [0.4, 0.5) is 5.82 Å². The van der Waals surface area contributed by atoms with Gasteiger partial charge in [-0.2, -0.15) is 5.26 Å². The van der Waals surface area contributed by atoms with Crippen molar-refractivity contribution in [2.24, 2.45) is 11.8 Å². The molecule has 4 heteroatoms. The number of benzene rings is 1. The Balaban J connectivity index is 2.02. The third-order valence-electron chi connectivity index (χ3n) is 5.46. The molecule has 1 aromatic carbocycles. The minimum atomic E-state index is 0.675. The van der Waals surface area contributed by atoms with E-state index in [0.29, 0.717) is 11.8 Å². The van der Waals surface area contributed by atoms with Crippen LogP contribution in [0.1, 0.15) is 44.7 Å². The number of anilines is 1. The molecule has 0 aliphatic carbocycles. The SMILES string of the molecule is CCCc1cc(N2C[C@H](C)C[C@H](C)C2)n2c(nc3ccccc32)c1C#N. The molecule has 3 aromatic rings. The smallest absolute Gasteiger partial charge is 0.157 e. The van der Waals surface area contributed by atoms with Gasteiger partial charge in [0.15, 0.2) is 5.65 Å². The molecule has 0 amide bonds. The number of piperidine rings is 1. The van der Waals surface area contributed by atoms with E-state index in [2.05, 4.69) is 48.3 Å². The number of aryl methyl sites for hydroxylation is 1. The number of hydrogen-bond acceptors (Lipinski definition) is 3. The van der Waals surface area contributed by atoms with E-state index in [4.69, 9.17) is 4.98 Å². The number of para-hydroxylation sites is 2. The van der Waals surface area contributed by atoms with Crippen LogP contribution in [-0.2, 0) is 6.42 Å². The van der Waals surface area contributed by atoms with Crippen molar-refractivity contribution in [1.82, 2.24) is 9.38 Å². The molecule has 0 spiro atoms. The molecule has 4 rings (SSSR count). The number of rotatable bonds is 3. The van der Waals surface area contributed by atoms with Crippen LogP contribution in [0.5, 0.6) is 0 Å². The lowest BCUT2D eigenvalue weighted by Crippen LogP contribution is -2.39. The van der Waals surface area contributed by atoms with Gasteiger partial charge in [-0.3, -0.25) is 4.40 Å². The van der Waals surface area contributed by atoms with Gasteiger partial charge < -0.3 is 4.90 Å². The molecule has 2 aromatic heterocycles. The zero-order chi connectivity index (χ0) is 18.3. The molecule has 0 radical (unpaired) electrons. The van der Waals surface area contributed by atoms with Gasteiger partial charge in [-0.25, -0.2) is 4.98 Å². The van der Waals surface area contributed by atoms with Gasteiger partial charge in [0, 0.05) is 13.1 Å². The first kappa shape index (κ1) is 16.9. The van der Waals surface area contributed by atoms with Crippen molar-refractivity contribution in [3.8, 4) is 6.07 Å². The summed E-state index contributed by atoms with van der Waals surface area (Å²) in [6, 6.07) is 12.9. The lowest BCUT2D eigenvalue weighted by molar-refractivity contribution is 0.355. The van der Waals surface area contributed by atoms with E-state index in [1.807, 2.05) is 18.2 Å². The lowest BCUT2D eigenvalue weighted by atomic mass is 9.91. The summed E-state index contributed by atoms with van der Waals surface area (Å²) in [5.41, 5.74) is 4.70. The maximum absolute atomic E-state index is 9.84. The molecule has 0 N–H and O–H groups in total. The van der Waals surface area contributed by atoms with E-state index in [1.54, 1.807) is 0 Å².